The number of amides is 1. The molecule has 0 aromatic heterocycles. The average molecular weight is 321 g/mol. The van der Waals surface area contributed by atoms with Crippen LogP contribution in [0.5, 0.6) is 0 Å². The Morgan fingerprint density at radius 3 is 2.41 bits per heavy atom. The lowest BCUT2D eigenvalue weighted by Crippen LogP contribution is -2.36. The third kappa shape index (κ3) is 5.37. The molecule has 4 nitrogen and oxygen atoms in total. The van der Waals surface area contributed by atoms with Crippen LogP contribution in [0.25, 0.3) is 0 Å². The van der Waals surface area contributed by atoms with Gasteiger partial charge in [0.15, 0.2) is 6.61 Å². The van der Waals surface area contributed by atoms with Crippen LogP contribution in [0, 0.1) is 0 Å². The highest BCUT2D eigenvalue weighted by atomic mass is 32.2. The summed E-state index contributed by atoms with van der Waals surface area (Å²) in [5.41, 5.74) is 0. The van der Waals surface area contributed by atoms with E-state index in [2.05, 4.69) is 0 Å². The lowest BCUT2D eigenvalue weighted by molar-refractivity contribution is -0.151. The molecule has 2 rings (SSSR count). The first kappa shape index (κ1) is 16.9. The Hall–Kier alpha value is -1.49. The van der Waals surface area contributed by atoms with E-state index in [0.717, 1.165) is 30.8 Å². The fourth-order valence-electron chi connectivity index (χ4n) is 2.41. The maximum Gasteiger partial charge on any atom is 0.319 e. The Bertz CT molecular complexity index is 484. The van der Waals surface area contributed by atoms with E-state index in [1.807, 2.05) is 35.2 Å². The second kappa shape index (κ2) is 8.83. The molecule has 1 unspecified atom stereocenters. The van der Waals surface area contributed by atoms with Crippen molar-refractivity contribution in [1.82, 2.24) is 4.90 Å². The Labute approximate surface area is 136 Å². The lowest BCUT2D eigenvalue weighted by atomic mass is 10.2. The number of thioether (sulfide) groups is 1. The van der Waals surface area contributed by atoms with Gasteiger partial charge in [-0.15, -0.1) is 11.8 Å². The number of esters is 1. The number of rotatable bonds is 5. The zero-order valence-corrected chi connectivity index (χ0v) is 13.8. The fraction of sp³-hybridized carbons (Fsp3) is 0.529. The minimum Gasteiger partial charge on any atom is -0.455 e. The number of ether oxygens (including phenoxy) is 1. The third-order valence-electron chi connectivity index (χ3n) is 3.68. The van der Waals surface area contributed by atoms with Crippen LogP contribution in [0.4, 0.5) is 0 Å². The number of hydrogen-bond acceptors (Lipinski definition) is 4. The number of carbonyl (C=O) groups is 2. The molecule has 0 saturated carbocycles. The molecule has 1 fully saturated rings. The van der Waals surface area contributed by atoms with Crippen LogP contribution in [0.3, 0.4) is 0 Å². The van der Waals surface area contributed by atoms with E-state index in [-0.39, 0.29) is 23.7 Å². The molecule has 0 bridgehead atoms. The molecule has 1 amide bonds. The molecule has 1 saturated heterocycles. The van der Waals surface area contributed by atoms with Gasteiger partial charge in [0.05, 0.1) is 0 Å². The van der Waals surface area contributed by atoms with Crippen molar-refractivity contribution in [3.63, 3.8) is 0 Å². The van der Waals surface area contributed by atoms with Gasteiger partial charge in [-0.05, 0) is 31.9 Å². The van der Waals surface area contributed by atoms with Crippen LogP contribution in [-0.4, -0.2) is 41.7 Å². The second-order valence-electron chi connectivity index (χ2n) is 5.48. The van der Waals surface area contributed by atoms with E-state index in [1.54, 1.807) is 6.92 Å². The number of likely N-dealkylation sites (tertiary alicyclic amines) is 1. The normalized spacial score (nSPS) is 16.7. The highest BCUT2D eigenvalue weighted by molar-refractivity contribution is 8.00. The van der Waals surface area contributed by atoms with Gasteiger partial charge >= 0.3 is 5.97 Å². The molecular weight excluding hydrogens is 298 g/mol. The number of hydrogen-bond donors (Lipinski definition) is 0. The van der Waals surface area contributed by atoms with Crippen molar-refractivity contribution in [2.24, 2.45) is 0 Å². The molecule has 1 heterocycles. The summed E-state index contributed by atoms with van der Waals surface area (Å²) in [4.78, 5) is 26.9. The zero-order chi connectivity index (χ0) is 15.8. The molecular formula is C17H23NO3S. The fourth-order valence-corrected chi connectivity index (χ4v) is 3.30. The Balaban J connectivity index is 1.75. The van der Waals surface area contributed by atoms with Crippen molar-refractivity contribution in [3.8, 4) is 0 Å². The van der Waals surface area contributed by atoms with E-state index in [0.29, 0.717) is 0 Å². The van der Waals surface area contributed by atoms with Crippen LogP contribution >= 0.6 is 11.8 Å². The minimum atomic E-state index is -0.336. The number of carbonyl (C=O) groups excluding carboxylic acids is 2. The van der Waals surface area contributed by atoms with Crippen molar-refractivity contribution in [3.05, 3.63) is 30.3 Å². The maximum atomic E-state index is 12.1. The van der Waals surface area contributed by atoms with E-state index < -0.39 is 0 Å². The van der Waals surface area contributed by atoms with Crippen molar-refractivity contribution in [2.45, 2.75) is 42.8 Å². The predicted octanol–water partition coefficient (Wildman–Crippen LogP) is 3.11. The van der Waals surface area contributed by atoms with Crippen LogP contribution in [0.15, 0.2) is 35.2 Å². The SMILES string of the molecule is CC(Sc1ccccc1)C(=O)OCC(=O)N1CCCCCC1. The van der Waals surface area contributed by atoms with E-state index >= 15 is 0 Å². The van der Waals surface area contributed by atoms with Gasteiger partial charge in [0.1, 0.15) is 5.25 Å². The van der Waals surface area contributed by atoms with E-state index in [9.17, 15) is 9.59 Å². The summed E-state index contributed by atoms with van der Waals surface area (Å²) in [5, 5.41) is -0.320. The average Bonchev–Trinajstić information content (AvgIpc) is 2.82. The van der Waals surface area contributed by atoms with Crippen LogP contribution in [0.2, 0.25) is 0 Å². The predicted molar refractivity (Wildman–Crippen MR) is 87.8 cm³/mol. The van der Waals surface area contributed by atoms with Gasteiger partial charge < -0.3 is 9.64 Å². The number of nitrogens with zero attached hydrogens (tertiary/aromatic N) is 1. The molecule has 1 atom stereocenters. The quantitative estimate of drug-likeness (QED) is 0.617. The van der Waals surface area contributed by atoms with Crippen molar-refractivity contribution in [2.75, 3.05) is 19.7 Å². The Morgan fingerprint density at radius 2 is 1.77 bits per heavy atom. The highest BCUT2D eigenvalue weighted by Gasteiger charge is 2.20. The molecule has 0 N–H and O–H groups in total. The highest BCUT2D eigenvalue weighted by Crippen LogP contribution is 2.23. The van der Waals surface area contributed by atoms with Gasteiger partial charge in [0.25, 0.3) is 5.91 Å². The smallest absolute Gasteiger partial charge is 0.319 e. The lowest BCUT2D eigenvalue weighted by Gasteiger charge is -2.20. The summed E-state index contributed by atoms with van der Waals surface area (Å²) in [6, 6.07) is 9.72. The van der Waals surface area contributed by atoms with Gasteiger partial charge in [-0.1, -0.05) is 31.0 Å². The van der Waals surface area contributed by atoms with E-state index in [4.69, 9.17) is 4.74 Å². The topological polar surface area (TPSA) is 46.6 Å². The van der Waals surface area contributed by atoms with Crippen molar-refractivity contribution >= 4 is 23.6 Å². The zero-order valence-electron chi connectivity index (χ0n) is 13.0. The molecule has 1 aliphatic heterocycles. The summed E-state index contributed by atoms with van der Waals surface area (Å²) in [6.45, 7) is 3.23. The van der Waals surface area contributed by atoms with Gasteiger partial charge in [0.2, 0.25) is 0 Å². The van der Waals surface area contributed by atoms with Gasteiger partial charge in [-0.3, -0.25) is 9.59 Å². The monoisotopic (exact) mass is 321 g/mol. The number of benzene rings is 1. The van der Waals surface area contributed by atoms with Gasteiger partial charge in [0, 0.05) is 18.0 Å². The first-order valence-electron chi connectivity index (χ1n) is 7.83. The summed E-state index contributed by atoms with van der Waals surface area (Å²) >= 11 is 1.44. The summed E-state index contributed by atoms with van der Waals surface area (Å²) in [5.74, 6) is -0.413. The van der Waals surface area contributed by atoms with Crippen molar-refractivity contribution in [1.29, 1.82) is 0 Å². The first-order valence-corrected chi connectivity index (χ1v) is 8.71. The third-order valence-corrected chi connectivity index (χ3v) is 4.77. The molecule has 0 aliphatic carbocycles. The molecule has 0 spiro atoms. The van der Waals surface area contributed by atoms with Crippen LogP contribution in [0.1, 0.15) is 32.6 Å². The maximum absolute atomic E-state index is 12.1. The summed E-state index contributed by atoms with van der Waals surface area (Å²) in [6.07, 6.45) is 4.43. The minimum absolute atomic E-state index is 0.0767. The standard InChI is InChI=1S/C17H23NO3S/c1-14(22-15-9-5-4-6-10-15)17(20)21-13-16(19)18-11-7-2-3-8-12-18/h4-6,9-10,14H,2-3,7-8,11-13H2,1H3. The summed E-state index contributed by atoms with van der Waals surface area (Å²) in [7, 11) is 0. The van der Waals surface area contributed by atoms with E-state index in [1.165, 1.54) is 24.6 Å². The molecule has 1 aromatic rings. The molecule has 1 aromatic carbocycles. The Kier molecular flexibility index (Phi) is 6.77. The van der Waals surface area contributed by atoms with Crippen LogP contribution in [-0.2, 0) is 14.3 Å². The molecule has 22 heavy (non-hydrogen) atoms. The first-order chi connectivity index (χ1) is 10.7. The van der Waals surface area contributed by atoms with Crippen molar-refractivity contribution < 1.29 is 14.3 Å². The molecule has 5 heteroatoms. The Morgan fingerprint density at radius 1 is 1.14 bits per heavy atom. The van der Waals surface area contributed by atoms with Gasteiger partial charge in [-0.2, -0.15) is 0 Å². The molecule has 0 radical (unpaired) electrons. The largest absolute Gasteiger partial charge is 0.455 e. The second-order valence-corrected chi connectivity index (χ2v) is 6.89. The van der Waals surface area contributed by atoms with Gasteiger partial charge in [-0.25, -0.2) is 0 Å². The summed E-state index contributed by atoms with van der Waals surface area (Å²) < 4.78 is 5.18. The molecule has 120 valence electrons. The van der Waals surface area contributed by atoms with Crippen LogP contribution < -0.4 is 0 Å². The molecule has 1 aliphatic rings.